The van der Waals surface area contributed by atoms with Crippen LogP contribution in [-0.2, 0) is 6.54 Å². The van der Waals surface area contributed by atoms with Crippen LogP contribution in [0, 0.1) is 13.8 Å². The number of carbonyl (C=O) groups is 1. The van der Waals surface area contributed by atoms with E-state index in [-0.39, 0.29) is 5.91 Å². The van der Waals surface area contributed by atoms with Crippen molar-refractivity contribution >= 4 is 23.7 Å². The Hall–Kier alpha value is -2.92. The van der Waals surface area contributed by atoms with Gasteiger partial charge >= 0.3 is 0 Å². The lowest BCUT2D eigenvalue weighted by Gasteiger charge is -2.06. The van der Waals surface area contributed by atoms with E-state index in [1.54, 1.807) is 18.2 Å². The number of halogens is 1. The van der Waals surface area contributed by atoms with Gasteiger partial charge in [0.2, 0.25) is 0 Å². The molecule has 0 saturated carbocycles. The Kier molecular flexibility index (Phi) is 5.49. The molecule has 132 valence electrons. The van der Waals surface area contributed by atoms with Gasteiger partial charge in [0.05, 0.1) is 18.5 Å². The number of hydrazone groups is 1. The van der Waals surface area contributed by atoms with Crippen molar-refractivity contribution in [1.82, 2.24) is 15.2 Å². The van der Waals surface area contributed by atoms with Crippen LogP contribution in [0.2, 0.25) is 5.02 Å². The van der Waals surface area contributed by atoms with Gasteiger partial charge in [0.25, 0.3) is 5.91 Å². The summed E-state index contributed by atoms with van der Waals surface area (Å²) in [7, 11) is 0. The topological polar surface area (TPSA) is 59.3 Å². The van der Waals surface area contributed by atoms with Crippen molar-refractivity contribution in [3.05, 3.63) is 87.7 Å². The molecule has 0 radical (unpaired) electrons. The molecule has 6 heteroatoms. The highest BCUT2D eigenvalue weighted by molar-refractivity contribution is 6.33. The number of nitrogens with zero attached hydrogens (tertiary/aromatic N) is 3. The predicted molar refractivity (Wildman–Crippen MR) is 104 cm³/mol. The molecule has 1 amide bonds. The largest absolute Gasteiger partial charge is 0.271 e. The molecule has 0 aliphatic heterocycles. The first-order chi connectivity index (χ1) is 12.5. The Morgan fingerprint density at radius 3 is 2.58 bits per heavy atom. The van der Waals surface area contributed by atoms with Gasteiger partial charge in [-0.25, -0.2) is 5.43 Å². The van der Waals surface area contributed by atoms with Crippen molar-refractivity contribution in [1.29, 1.82) is 0 Å². The average molecular weight is 367 g/mol. The number of hydrogen-bond acceptors (Lipinski definition) is 3. The fraction of sp³-hybridized carbons (Fsp3) is 0.150. The normalized spacial score (nSPS) is 11.0. The second-order valence-electron chi connectivity index (χ2n) is 6.00. The number of aryl methyl sites for hydroxylation is 2. The first-order valence-electron chi connectivity index (χ1n) is 8.21. The van der Waals surface area contributed by atoms with Gasteiger partial charge < -0.3 is 0 Å². The van der Waals surface area contributed by atoms with Crippen LogP contribution in [0.4, 0.5) is 0 Å². The molecule has 0 unspecified atom stereocenters. The van der Waals surface area contributed by atoms with Crippen molar-refractivity contribution in [2.45, 2.75) is 20.4 Å². The van der Waals surface area contributed by atoms with Crippen LogP contribution in [-0.4, -0.2) is 21.9 Å². The zero-order valence-corrected chi connectivity index (χ0v) is 15.4. The maximum atomic E-state index is 12.2. The van der Waals surface area contributed by atoms with E-state index in [1.165, 1.54) is 6.21 Å². The molecule has 0 saturated heterocycles. The Balaban J connectivity index is 1.62. The summed E-state index contributed by atoms with van der Waals surface area (Å²) < 4.78 is 1.94. The molecule has 5 nitrogen and oxygen atoms in total. The zero-order chi connectivity index (χ0) is 18.5. The highest BCUT2D eigenvalue weighted by atomic mass is 35.5. The van der Waals surface area contributed by atoms with E-state index in [9.17, 15) is 4.79 Å². The van der Waals surface area contributed by atoms with E-state index in [2.05, 4.69) is 15.6 Å². The summed E-state index contributed by atoms with van der Waals surface area (Å²) in [6.45, 7) is 4.67. The minimum absolute atomic E-state index is 0.272. The van der Waals surface area contributed by atoms with E-state index < -0.39 is 0 Å². The minimum atomic E-state index is -0.272. The Bertz CT molecular complexity index is 945. The summed E-state index contributed by atoms with van der Waals surface area (Å²) in [5.41, 5.74) is 6.98. The molecule has 0 aliphatic rings. The summed E-state index contributed by atoms with van der Waals surface area (Å²) in [5.74, 6) is -0.272. The Labute approximate surface area is 157 Å². The number of nitrogens with one attached hydrogen (secondary N) is 1. The van der Waals surface area contributed by atoms with Crippen LogP contribution in [0.25, 0.3) is 0 Å². The molecule has 1 N–H and O–H groups in total. The SMILES string of the molecule is Cc1cc(C)n(Cc2ccc(C(=O)NN=Cc3ccccc3Cl)cc2)n1. The number of hydrogen-bond donors (Lipinski definition) is 1. The Morgan fingerprint density at radius 1 is 1.19 bits per heavy atom. The number of amides is 1. The van der Waals surface area contributed by atoms with Gasteiger partial charge in [-0.05, 0) is 43.7 Å². The van der Waals surface area contributed by atoms with E-state index in [1.807, 2.05) is 54.9 Å². The summed E-state index contributed by atoms with van der Waals surface area (Å²) in [4.78, 5) is 12.2. The third kappa shape index (κ3) is 4.37. The average Bonchev–Trinajstić information content (AvgIpc) is 2.94. The predicted octanol–water partition coefficient (Wildman–Crippen LogP) is 3.97. The fourth-order valence-electron chi connectivity index (χ4n) is 2.57. The molecule has 26 heavy (non-hydrogen) atoms. The number of carbonyl (C=O) groups excluding carboxylic acids is 1. The van der Waals surface area contributed by atoms with E-state index >= 15 is 0 Å². The van der Waals surface area contributed by atoms with E-state index in [0.29, 0.717) is 17.1 Å². The summed E-state index contributed by atoms with van der Waals surface area (Å²) in [6.07, 6.45) is 1.53. The molecule has 0 bridgehead atoms. The molecule has 1 heterocycles. The highest BCUT2D eigenvalue weighted by Crippen LogP contribution is 2.12. The van der Waals surface area contributed by atoms with Gasteiger partial charge in [-0.1, -0.05) is 41.9 Å². The standard InChI is InChI=1S/C20H19ClN4O/c1-14-11-15(2)25(24-14)13-16-7-9-17(10-8-16)20(26)23-22-12-18-5-3-4-6-19(18)21/h3-12H,13H2,1-2H3,(H,23,26). The Morgan fingerprint density at radius 2 is 1.92 bits per heavy atom. The van der Waals surface area contributed by atoms with Crippen LogP contribution in [0.3, 0.4) is 0 Å². The lowest BCUT2D eigenvalue weighted by atomic mass is 10.1. The van der Waals surface area contributed by atoms with Crippen molar-refractivity contribution in [3.8, 4) is 0 Å². The fourth-order valence-corrected chi connectivity index (χ4v) is 2.76. The van der Waals surface area contributed by atoms with E-state index in [4.69, 9.17) is 11.6 Å². The smallest absolute Gasteiger partial charge is 0.267 e. The molecular formula is C20H19ClN4O. The first-order valence-corrected chi connectivity index (χ1v) is 8.58. The highest BCUT2D eigenvalue weighted by Gasteiger charge is 2.06. The van der Waals surface area contributed by atoms with Crippen LogP contribution in [0.5, 0.6) is 0 Å². The van der Waals surface area contributed by atoms with Crippen molar-refractivity contribution < 1.29 is 4.79 Å². The number of benzene rings is 2. The summed E-state index contributed by atoms with van der Waals surface area (Å²) in [5, 5.41) is 8.99. The molecular weight excluding hydrogens is 348 g/mol. The van der Waals surface area contributed by atoms with Crippen LogP contribution < -0.4 is 5.43 Å². The monoisotopic (exact) mass is 366 g/mol. The third-order valence-electron chi connectivity index (χ3n) is 3.93. The van der Waals surface area contributed by atoms with Gasteiger partial charge in [-0.15, -0.1) is 0 Å². The van der Waals surface area contributed by atoms with Gasteiger partial charge in [-0.3, -0.25) is 9.48 Å². The zero-order valence-electron chi connectivity index (χ0n) is 14.6. The van der Waals surface area contributed by atoms with E-state index in [0.717, 1.165) is 22.5 Å². The molecule has 1 aromatic heterocycles. The maximum Gasteiger partial charge on any atom is 0.271 e. The van der Waals surface area contributed by atoms with Crippen LogP contribution in [0.1, 0.15) is 32.9 Å². The third-order valence-corrected chi connectivity index (χ3v) is 4.27. The summed E-state index contributed by atoms with van der Waals surface area (Å²) in [6, 6.07) is 16.7. The molecule has 0 aliphatic carbocycles. The molecule has 2 aromatic carbocycles. The van der Waals surface area contributed by atoms with Crippen molar-refractivity contribution in [2.24, 2.45) is 5.10 Å². The minimum Gasteiger partial charge on any atom is -0.267 e. The molecule has 0 fully saturated rings. The molecule has 3 rings (SSSR count). The quantitative estimate of drug-likeness (QED) is 0.548. The molecule has 0 spiro atoms. The lowest BCUT2D eigenvalue weighted by molar-refractivity contribution is 0.0955. The maximum absolute atomic E-state index is 12.2. The van der Waals surface area contributed by atoms with Gasteiger partial charge in [0, 0.05) is 21.8 Å². The number of aromatic nitrogens is 2. The summed E-state index contributed by atoms with van der Waals surface area (Å²) >= 11 is 6.04. The number of rotatable bonds is 5. The van der Waals surface area contributed by atoms with Gasteiger partial charge in [0.15, 0.2) is 0 Å². The second-order valence-corrected chi connectivity index (χ2v) is 6.41. The molecule has 0 atom stereocenters. The van der Waals surface area contributed by atoms with Crippen molar-refractivity contribution in [3.63, 3.8) is 0 Å². The lowest BCUT2D eigenvalue weighted by Crippen LogP contribution is -2.17. The first kappa shape index (κ1) is 17.9. The molecule has 3 aromatic rings. The van der Waals surface area contributed by atoms with Gasteiger partial charge in [0.1, 0.15) is 0 Å². The second kappa shape index (κ2) is 7.97. The van der Waals surface area contributed by atoms with Gasteiger partial charge in [-0.2, -0.15) is 10.2 Å². The van der Waals surface area contributed by atoms with Crippen LogP contribution >= 0.6 is 11.6 Å². The van der Waals surface area contributed by atoms with Crippen LogP contribution in [0.15, 0.2) is 59.7 Å². The van der Waals surface area contributed by atoms with Crippen molar-refractivity contribution in [2.75, 3.05) is 0 Å².